The fourth-order valence-corrected chi connectivity index (χ4v) is 3.33. The van der Waals surface area contributed by atoms with E-state index in [4.69, 9.17) is 4.74 Å². The summed E-state index contributed by atoms with van der Waals surface area (Å²) < 4.78 is 18.2. The number of esters is 1. The van der Waals surface area contributed by atoms with Gasteiger partial charge < -0.3 is 15.4 Å². The van der Waals surface area contributed by atoms with Crippen LogP contribution in [-0.4, -0.2) is 18.6 Å². The normalized spacial score (nSPS) is 15.7. The zero-order chi connectivity index (χ0) is 22.6. The van der Waals surface area contributed by atoms with Gasteiger partial charge in [0.15, 0.2) is 0 Å². The molecule has 0 heterocycles. The molecular formula is C25H27FN2O3. The van der Waals surface area contributed by atoms with Gasteiger partial charge in [-0.2, -0.15) is 0 Å². The van der Waals surface area contributed by atoms with Crippen molar-refractivity contribution in [3.05, 3.63) is 88.9 Å². The van der Waals surface area contributed by atoms with Gasteiger partial charge in [0.1, 0.15) is 5.82 Å². The van der Waals surface area contributed by atoms with E-state index in [1.165, 1.54) is 24.3 Å². The standard InChI is InChI=1S/C25H27FN2O3/c1-5-31-23(29)17-8-6-7-16(13-17)21-14-18(25(2,3)4)15-22(21)28-24(30)27-20-11-9-19(26)10-12-20/h6-15,21H,5H2,1-4H3,(H2,27,28,30). The molecule has 2 amide bonds. The Morgan fingerprint density at radius 2 is 1.77 bits per heavy atom. The number of amides is 2. The van der Waals surface area contributed by atoms with Crippen LogP contribution in [0.1, 0.15) is 49.5 Å². The van der Waals surface area contributed by atoms with Gasteiger partial charge in [0.05, 0.1) is 12.2 Å². The van der Waals surface area contributed by atoms with Crippen LogP contribution in [0.15, 0.2) is 72.0 Å². The zero-order valence-corrected chi connectivity index (χ0v) is 18.2. The van der Waals surface area contributed by atoms with E-state index in [1.807, 2.05) is 12.1 Å². The molecule has 0 radical (unpaired) electrons. The average Bonchev–Trinajstić information content (AvgIpc) is 3.14. The van der Waals surface area contributed by atoms with E-state index in [0.29, 0.717) is 23.6 Å². The number of hydrogen-bond acceptors (Lipinski definition) is 3. The molecule has 1 atom stereocenters. The van der Waals surface area contributed by atoms with E-state index in [9.17, 15) is 14.0 Å². The molecule has 0 spiro atoms. The maximum Gasteiger partial charge on any atom is 0.338 e. The highest BCUT2D eigenvalue weighted by atomic mass is 19.1. The highest BCUT2D eigenvalue weighted by molar-refractivity contribution is 5.91. The molecule has 3 rings (SSSR count). The van der Waals surface area contributed by atoms with Gasteiger partial charge >= 0.3 is 12.0 Å². The zero-order valence-electron chi connectivity index (χ0n) is 18.2. The lowest BCUT2D eigenvalue weighted by Crippen LogP contribution is -2.29. The van der Waals surface area contributed by atoms with Crippen LogP contribution >= 0.6 is 0 Å². The fraction of sp³-hybridized carbons (Fsp3) is 0.280. The quantitative estimate of drug-likeness (QED) is 0.601. The Bertz CT molecular complexity index is 1030. The third-order valence-corrected chi connectivity index (χ3v) is 4.98. The highest BCUT2D eigenvalue weighted by Crippen LogP contribution is 2.39. The summed E-state index contributed by atoms with van der Waals surface area (Å²) in [5.41, 5.74) is 3.49. The Kier molecular flexibility index (Phi) is 6.59. The summed E-state index contributed by atoms with van der Waals surface area (Å²) in [4.78, 5) is 24.8. The second kappa shape index (κ2) is 9.16. The lowest BCUT2D eigenvalue weighted by atomic mass is 9.86. The summed E-state index contributed by atoms with van der Waals surface area (Å²) >= 11 is 0. The van der Waals surface area contributed by atoms with E-state index >= 15 is 0 Å². The smallest absolute Gasteiger partial charge is 0.338 e. The molecule has 5 nitrogen and oxygen atoms in total. The molecule has 1 aliphatic carbocycles. The van der Waals surface area contributed by atoms with Gasteiger partial charge in [-0.15, -0.1) is 0 Å². The average molecular weight is 423 g/mol. The summed E-state index contributed by atoms with van der Waals surface area (Å²) in [7, 11) is 0. The maximum absolute atomic E-state index is 13.1. The van der Waals surface area contributed by atoms with Crippen LogP contribution in [0.2, 0.25) is 0 Å². The summed E-state index contributed by atoms with van der Waals surface area (Å²) in [6.45, 7) is 8.37. The summed E-state index contributed by atoms with van der Waals surface area (Å²) in [5, 5.41) is 5.63. The van der Waals surface area contributed by atoms with Crippen LogP contribution in [0.25, 0.3) is 0 Å². The van der Waals surface area contributed by atoms with E-state index in [2.05, 4.69) is 37.5 Å². The van der Waals surface area contributed by atoms with Crippen molar-refractivity contribution in [2.45, 2.75) is 33.6 Å². The molecule has 1 aliphatic rings. The molecule has 0 saturated heterocycles. The number of hydrogen-bond donors (Lipinski definition) is 2. The number of ether oxygens (including phenoxy) is 1. The Balaban J connectivity index is 1.85. The van der Waals surface area contributed by atoms with Crippen molar-refractivity contribution in [3.8, 4) is 0 Å². The van der Waals surface area contributed by atoms with Crippen LogP contribution in [-0.2, 0) is 4.74 Å². The van der Waals surface area contributed by atoms with E-state index < -0.39 is 6.03 Å². The molecule has 0 fully saturated rings. The van der Waals surface area contributed by atoms with E-state index in [-0.39, 0.29) is 23.1 Å². The first-order chi connectivity index (χ1) is 14.7. The van der Waals surface area contributed by atoms with Crippen LogP contribution in [0.3, 0.4) is 0 Å². The molecular weight excluding hydrogens is 395 g/mol. The third-order valence-electron chi connectivity index (χ3n) is 4.98. The van der Waals surface area contributed by atoms with Gasteiger partial charge in [0.25, 0.3) is 0 Å². The Morgan fingerprint density at radius 3 is 2.42 bits per heavy atom. The topological polar surface area (TPSA) is 67.4 Å². The number of allylic oxidation sites excluding steroid dienone is 3. The van der Waals surface area contributed by atoms with Crippen LogP contribution in [0.5, 0.6) is 0 Å². The molecule has 2 aromatic rings. The molecule has 0 bridgehead atoms. The number of carbonyl (C=O) groups excluding carboxylic acids is 2. The minimum atomic E-state index is -0.423. The first-order valence-corrected chi connectivity index (χ1v) is 10.2. The Labute approximate surface area is 182 Å². The van der Waals surface area contributed by atoms with Crippen molar-refractivity contribution in [1.82, 2.24) is 5.32 Å². The van der Waals surface area contributed by atoms with Crippen molar-refractivity contribution in [3.63, 3.8) is 0 Å². The van der Waals surface area contributed by atoms with Gasteiger partial charge in [-0.3, -0.25) is 0 Å². The minimum absolute atomic E-state index is 0.117. The van der Waals surface area contributed by atoms with Gasteiger partial charge in [-0.1, -0.05) is 39.0 Å². The molecule has 2 aromatic carbocycles. The highest BCUT2D eigenvalue weighted by Gasteiger charge is 2.28. The van der Waals surface area contributed by atoms with Gasteiger partial charge in [-0.25, -0.2) is 14.0 Å². The molecule has 0 aliphatic heterocycles. The molecule has 0 aromatic heterocycles. The Hall–Kier alpha value is -3.41. The number of anilines is 1. The predicted octanol–water partition coefficient (Wildman–Crippen LogP) is 5.78. The SMILES string of the molecule is CCOC(=O)c1cccc(C2C=C(C(C)(C)C)C=C2NC(=O)Nc2ccc(F)cc2)c1. The monoisotopic (exact) mass is 422 g/mol. The molecule has 1 unspecified atom stereocenters. The van der Waals surface area contributed by atoms with E-state index in [1.54, 1.807) is 25.1 Å². The maximum atomic E-state index is 13.1. The summed E-state index contributed by atoms with van der Waals surface area (Å²) in [6, 6.07) is 12.4. The van der Waals surface area contributed by atoms with Gasteiger partial charge in [0.2, 0.25) is 0 Å². The van der Waals surface area contributed by atoms with Gasteiger partial charge in [-0.05, 0) is 65.9 Å². The predicted molar refractivity (Wildman–Crippen MR) is 119 cm³/mol. The van der Waals surface area contributed by atoms with Crippen LogP contribution in [0.4, 0.5) is 14.9 Å². The van der Waals surface area contributed by atoms with E-state index in [0.717, 1.165) is 11.1 Å². The number of halogens is 1. The molecule has 31 heavy (non-hydrogen) atoms. The van der Waals surface area contributed by atoms with Crippen molar-refractivity contribution >= 4 is 17.7 Å². The number of benzene rings is 2. The van der Waals surface area contributed by atoms with Crippen molar-refractivity contribution in [2.75, 3.05) is 11.9 Å². The number of nitrogens with one attached hydrogen (secondary N) is 2. The first kappa shape index (κ1) is 22.3. The fourth-order valence-electron chi connectivity index (χ4n) is 3.33. The lowest BCUT2D eigenvalue weighted by molar-refractivity contribution is 0.0526. The second-order valence-electron chi connectivity index (χ2n) is 8.38. The molecule has 162 valence electrons. The number of urea groups is 1. The molecule has 0 saturated carbocycles. The lowest BCUT2D eigenvalue weighted by Gasteiger charge is -2.18. The van der Waals surface area contributed by atoms with Crippen LogP contribution in [0, 0.1) is 11.2 Å². The number of carbonyl (C=O) groups is 2. The van der Waals surface area contributed by atoms with Gasteiger partial charge in [0, 0.05) is 17.3 Å². The molecule has 2 N–H and O–H groups in total. The minimum Gasteiger partial charge on any atom is -0.462 e. The summed E-state index contributed by atoms with van der Waals surface area (Å²) in [5.74, 6) is -0.970. The van der Waals surface area contributed by atoms with Crippen LogP contribution < -0.4 is 10.6 Å². The first-order valence-electron chi connectivity index (χ1n) is 10.2. The van der Waals surface area contributed by atoms with Crippen molar-refractivity contribution in [2.24, 2.45) is 5.41 Å². The number of rotatable bonds is 5. The van der Waals surface area contributed by atoms with Crippen molar-refractivity contribution in [1.29, 1.82) is 0 Å². The Morgan fingerprint density at radius 1 is 1.06 bits per heavy atom. The second-order valence-corrected chi connectivity index (χ2v) is 8.38. The molecule has 6 heteroatoms. The third kappa shape index (κ3) is 5.60. The largest absolute Gasteiger partial charge is 0.462 e. The summed E-state index contributed by atoms with van der Waals surface area (Å²) in [6.07, 6.45) is 4.06. The van der Waals surface area contributed by atoms with Crippen molar-refractivity contribution < 1.29 is 18.7 Å².